The molecule has 2 heterocycles. The van der Waals surface area contributed by atoms with Gasteiger partial charge in [-0.3, -0.25) is 10.1 Å². The zero-order valence-electron chi connectivity index (χ0n) is 19.2. The highest BCUT2D eigenvalue weighted by Crippen LogP contribution is 2.34. The van der Waals surface area contributed by atoms with Crippen LogP contribution in [0.2, 0.25) is 0 Å². The van der Waals surface area contributed by atoms with Gasteiger partial charge in [0.15, 0.2) is 0 Å². The lowest BCUT2D eigenvalue weighted by Crippen LogP contribution is -2.61. The first kappa shape index (κ1) is 22.6. The first-order chi connectivity index (χ1) is 14.1. The zero-order valence-corrected chi connectivity index (χ0v) is 19.2. The number of hydrogen-bond donors (Lipinski definition) is 2. The fourth-order valence-electron chi connectivity index (χ4n) is 4.45. The quantitative estimate of drug-likeness (QED) is 0.776. The molecule has 1 spiro atoms. The molecule has 6 heteroatoms. The van der Waals surface area contributed by atoms with Gasteiger partial charge >= 0.3 is 6.03 Å². The first-order valence-corrected chi connectivity index (χ1v) is 11.3. The van der Waals surface area contributed by atoms with E-state index in [2.05, 4.69) is 41.5 Å². The number of likely N-dealkylation sites (tertiary alicyclic amines) is 1. The van der Waals surface area contributed by atoms with Gasteiger partial charge in [-0.05, 0) is 38.7 Å². The van der Waals surface area contributed by atoms with Crippen LogP contribution >= 0.6 is 0 Å². The van der Waals surface area contributed by atoms with Crippen molar-refractivity contribution in [1.29, 1.82) is 0 Å². The number of carbonyl (C=O) groups is 2. The number of amides is 3. The monoisotopic (exact) mass is 414 g/mol. The molecule has 3 amide bonds. The van der Waals surface area contributed by atoms with Crippen LogP contribution in [0.5, 0.6) is 0 Å². The van der Waals surface area contributed by atoms with Crippen molar-refractivity contribution in [2.75, 3.05) is 19.6 Å². The van der Waals surface area contributed by atoms with Crippen molar-refractivity contribution < 1.29 is 9.59 Å². The van der Waals surface area contributed by atoms with Crippen LogP contribution in [-0.2, 0) is 11.2 Å². The lowest BCUT2D eigenvalue weighted by Gasteiger charge is -2.45. The molecule has 0 unspecified atom stereocenters. The molecule has 1 aromatic carbocycles. The summed E-state index contributed by atoms with van der Waals surface area (Å²) >= 11 is 0. The van der Waals surface area contributed by atoms with Crippen molar-refractivity contribution in [2.24, 2.45) is 5.92 Å². The lowest BCUT2D eigenvalue weighted by atomic mass is 9.94. The molecule has 0 bridgehead atoms. The molecule has 0 aliphatic carbocycles. The minimum atomic E-state index is -0.349. The van der Waals surface area contributed by atoms with Crippen LogP contribution in [-0.4, -0.2) is 58.6 Å². The van der Waals surface area contributed by atoms with Crippen LogP contribution in [0, 0.1) is 5.92 Å². The SMILES string of the molecule is CC[C@H](C)CN1C(=O)[C@H](Cc2ccccc2)NC12CCN(C(=O)NC(C)(C)C)CC2. The van der Waals surface area contributed by atoms with E-state index >= 15 is 0 Å². The van der Waals surface area contributed by atoms with Crippen molar-refractivity contribution in [3.8, 4) is 0 Å². The molecular weight excluding hydrogens is 376 g/mol. The maximum absolute atomic E-state index is 13.4. The normalized spacial score (nSPS) is 22.4. The summed E-state index contributed by atoms with van der Waals surface area (Å²) in [6.07, 6.45) is 3.27. The number of piperidine rings is 1. The Kier molecular flexibility index (Phi) is 6.75. The van der Waals surface area contributed by atoms with E-state index < -0.39 is 0 Å². The summed E-state index contributed by atoms with van der Waals surface area (Å²) in [6, 6.07) is 9.99. The maximum Gasteiger partial charge on any atom is 0.317 e. The second-order valence-corrected chi connectivity index (χ2v) is 10.0. The second-order valence-electron chi connectivity index (χ2n) is 10.0. The molecule has 0 radical (unpaired) electrons. The molecule has 2 fully saturated rings. The van der Waals surface area contributed by atoms with Crippen LogP contribution < -0.4 is 10.6 Å². The molecule has 30 heavy (non-hydrogen) atoms. The summed E-state index contributed by atoms with van der Waals surface area (Å²) in [6.45, 7) is 12.4. The number of nitrogens with zero attached hydrogens (tertiary/aromatic N) is 2. The zero-order chi connectivity index (χ0) is 21.9. The molecule has 1 aromatic rings. The number of hydrogen-bond acceptors (Lipinski definition) is 3. The predicted molar refractivity (Wildman–Crippen MR) is 120 cm³/mol. The Hall–Kier alpha value is -2.08. The Morgan fingerprint density at radius 1 is 1.23 bits per heavy atom. The van der Waals surface area contributed by atoms with Gasteiger partial charge in [-0.15, -0.1) is 0 Å². The van der Waals surface area contributed by atoms with Gasteiger partial charge in [0.1, 0.15) is 0 Å². The first-order valence-electron chi connectivity index (χ1n) is 11.3. The molecule has 2 saturated heterocycles. The number of nitrogens with one attached hydrogen (secondary N) is 2. The third-order valence-electron chi connectivity index (χ3n) is 6.36. The van der Waals surface area contributed by atoms with Gasteiger partial charge in [0.2, 0.25) is 5.91 Å². The Labute approximate surface area is 181 Å². The molecule has 2 N–H and O–H groups in total. The standard InChI is InChI=1S/C24H38N4O2/c1-6-18(2)17-28-21(29)20(16-19-10-8-7-9-11-19)25-24(28)12-14-27(15-13-24)22(30)26-23(3,4)5/h7-11,18,20,25H,6,12-17H2,1-5H3,(H,26,30)/t18-,20-/m0/s1. The van der Waals surface area contributed by atoms with Crippen LogP contribution in [0.1, 0.15) is 59.4 Å². The summed E-state index contributed by atoms with van der Waals surface area (Å²) in [5.74, 6) is 0.650. The van der Waals surface area contributed by atoms with E-state index in [0.717, 1.165) is 25.8 Å². The highest BCUT2D eigenvalue weighted by atomic mass is 16.2. The number of benzene rings is 1. The van der Waals surface area contributed by atoms with Gasteiger partial charge in [0.05, 0.1) is 11.7 Å². The molecule has 2 aliphatic rings. The van der Waals surface area contributed by atoms with Crippen molar-refractivity contribution in [2.45, 2.75) is 77.5 Å². The molecule has 0 saturated carbocycles. The molecule has 2 aliphatic heterocycles. The predicted octanol–water partition coefficient (Wildman–Crippen LogP) is 3.38. The summed E-state index contributed by atoms with van der Waals surface area (Å²) in [5.41, 5.74) is 0.571. The van der Waals surface area contributed by atoms with E-state index in [9.17, 15) is 9.59 Å². The fraction of sp³-hybridized carbons (Fsp3) is 0.667. The van der Waals surface area contributed by atoms with Crippen LogP contribution in [0.15, 0.2) is 30.3 Å². The van der Waals surface area contributed by atoms with Crippen molar-refractivity contribution in [3.05, 3.63) is 35.9 Å². The lowest BCUT2D eigenvalue weighted by molar-refractivity contribution is -0.134. The minimum absolute atomic E-state index is 0.0176. The average molecular weight is 415 g/mol. The van der Waals surface area contributed by atoms with Crippen LogP contribution in [0.4, 0.5) is 4.79 Å². The largest absolute Gasteiger partial charge is 0.333 e. The Bertz CT molecular complexity index is 735. The van der Waals surface area contributed by atoms with E-state index in [1.165, 1.54) is 5.56 Å². The fourth-order valence-corrected chi connectivity index (χ4v) is 4.45. The summed E-state index contributed by atoms with van der Waals surface area (Å²) < 4.78 is 0. The minimum Gasteiger partial charge on any atom is -0.333 e. The molecule has 2 atom stereocenters. The van der Waals surface area contributed by atoms with Crippen LogP contribution in [0.3, 0.4) is 0 Å². The molecule has 6 nitrogen and oxygen atoms in total. The highest BCUT2D eigenvalue weighted by molar-refractivity contribution is 5.85. The summed E-state index contributed by atoms with van der Waals surface area (Å²) in [7, 11) is 0. The molecule has 166 valence electrons. The summed E-state index contributed by atoms with van der Waals surface area (Å²) in [4.78, 5) is 30.0. The van der Waals surface area contributed by atoms with Crippen molar-refractivity contribution in [3.63, 3.8) is 0 Å². The Balaban J connectivity index is 1.74. The highest BCUT2D eigenvalue weighted by Gasteiger charge is 2.51. The van der Waals surface area contributed by atoms with E-state index in [4.69, 9.17) is 0 Å². The van der Waals surface area contributed by atoms with Crippen molar-refractivity contribution >= 4 is 11.9 Å². The van der Waals surface area contributed by atoms with E-state index in [0.29, 0.717) is 25.4 Å². The summed E-state index contributed by atoms with van der Waals surface area (Å²) in [5, 5.41) is 6.77. The molecular formula is C24H38N4O2. The average Bonchev–Trinajstić information content (AvgIpc) is 2.93. The van der Waals surface area contributed by atoms with Gasteiger partial charge in [-0.1, -0.05) is 50.6 Å². The Morgan fingerprint density at radius 2 is 1.87 bits per heavy atom. The number of carbonyl (C=O) groups excluding carboxylic acids is 2. The van der Waals surface area contributed by atoms with Gasteiger partial charge in [-0.25, -0.2) is 4.79 Å². The molecule has 3 rings (SSSR count). The maximum atomic E-state index is 13.4. The van der Waals surface area contributed by atoms with E-state index in [-0.39, 0.29) is 29.2 Å². The smallest absolute Gasteiger partial charge is 0.317 e. The third-order valence-corrected chi connectivity index (χ3v) is 6.36. The van der Waals surface area contributed by atoms with Crippen molar-refractivity contribution in [1.82, 2.24) is 20.4 Å². The van der Waals surface area contributed by atoms with Gasteiger partial charge < -0.3 is 15.1 Å². The van der Waals surface area contributed by atoms with Crippen LogP contribution in [0.25, 0.3) is 0 Å². The third kappa shape index (κ3) is 5.15. The number of rotatable bonds is 5. The number of urea groups is 1. The van der Waals surface area contributed by atoms with Gasteiger partial charge in [0, 0.05) is 38.0 Å². The van der Waals surface area contributed by atoms with E-state index in [1.807, 2.05) is 43.9 Å². The van der Waals surface area contributed by atoms with E-state index in [1.54, 1.807) is 0 Å². The van der Waals surface area contributed by atoms with Gasteiger partial charge in [0.25, 0.3) is 0 Å². The van der Waals surface area contributed by atoms with Gasteiger partial charge in [-0.2, -0.15) is 0 Å². The molecule has 0 aromatic heterocycles. The second kappa shape index (κ2) is 8.96. The topological polar surface area (TPSA) is 64.7 Å². The Morgan fingerprint density at radius 3 is 2.43 bits per heavy atom.